The van der Waals surface area contributed by atoms with Gasteiger partial charge in [0.05, 0.1) is 17.6 Å². The predicted molar refractivity (Wildman–Crippen MR) is 93.8 cm³/mol. The van der Waals surface area contributed by atoms with Gasteiger partial charge in [0.1, 0.15) is 5.82 Å². The number of rotatable bonds is 4. The van der Waals surface area contributed by atoms with Crippen LogP contribution in [0.25, 0.3) is 0 Å². The van der Waals surface area contributed by atoms with Gasteiger partial charge in [0.15, 0.2) is 0 Å². The Balaban J connectivity index is 1.70. The number of hydrogen-bond donors (Lipinski definition) is 1. The Morgan fingerprint density at radius 3 is 2.52 bits per heavy atom. The molecule has 0 radical (unpaired) electrons. The van der Waals surface area contributed by atoms with Crippen LogP contribution < -0.4 is 10.3 Å². The van der Waals surface area contributed by atoms with E-state index in [1.165, 1.54) is 6.07 Å². The van der Waals surface area contributed by atoms with Crippen LogP contribution in [0.5, 0.6) is 0 Å². The summed E-state index contributed by atoms with van der Waals surface area (Å²) in [4.78, 5) is 4.35. The summed E-state index contributed by atoms with van der Waals surface area (Å²) in [5, 5.41) is 4.22. The van der Waals surface area contributed by atoms with E-state index in [4.69, 9.17) is 0 Å². The minimum Gasteiger partial charge on any atom is -0.367 e. The molecule has 0 bridgehead atoms. The van der Waals surface area contributed by atoms with Crippen molar-refractivity contribution in [2.24, 2.45) is 5.10 Å². The van der Waals surface area contributed by atoms with Gasteiger partial charge in [-0.1, -0.05) is 24.3 Å². The molecule has 0 amide bonds. The van der Waals surface area contributed by atoms with E-state index in [0.717, 1.165) is 37.4 Å². The van der Waals surface area contributed by atoms with Gasteiger partial charge in [0, 0.05) is 26.2 Å². The van der Waals surface area contributed by atoms with Crippen molar-refractivity contribution in [3.63, 3.8) is 0 Å². The smallest absolute Gasteiger partial charge is 0.146 e. The quantitative estimate of drug-likeness (QED) is 0.695. The van der Waals surface area contributed by atoms with Gasteiger partial charge in [0.2, 0.25) is 0 Å². The number of benzene rings is 2. The predicted octanol–water partition coefficient (Wildman–Crippen LogP) is 3.02. The van der Waals surface area contributed by atoms with Gasteiger partial charge in [-0.2, -0.15) is 5.10 Å². The fourth-order valence-electron chi connectivity index (χ4n) is 2.59. The molecule has 0 atom stereocenters. The Kier molecular flexibility index (Phi) is 4.88. The highest BCUT2D eigenvalue weighted by Crippen LogP contribution is 2.21. The summed E-state index contributed by atoms with van der Waals surface area (Å²) < 4.78 is 14.1. The molecule has 4 nitrogen and oxygen atoms in total. The fourth-order valence-corrected chi connectivity index (χ4v) is 2.59. The Bertz CT molecular complexity index is 664. The average Bonchev–Trinajstić information content (AvgIpc) is 2.58. The minimum absolute atomic E-state index is 0.178. The van der Waals surface area contributed by atoms with E-state index in [2.05, 4.69) is 27.4 Å². The molecular formula is C18H21FN4. The number of hydrogen-bond acceptors (Lipinski definition) is 4. The Morgan fingerprint density at radius 1 is 1.04 bits per heavy atom. The first-order valence-corrected chi connectivity index (χ1v) is 7.79. The van der Waals surface area contributed by atoms with Crippen molar-refractivity contribution in [1.29, 1.82) is 0 Å². The van der Waals surface area contributed by atoms with E-state index >= 15 is 0 Å². The summed E-state index contributed by atoms with van der Waals surface area (Å²) in [6, 6.07) is 14.8. The molecule has 120 valence electrons. The number of para-hydroxylation sites is 1. The third-order valence-electron chi connectivity index (χ3n) is 4.00. The van der Waals surface area contributed by atoms with Crippen LogP contribution in [-0.4, -0.2) is 44.3 Å². The number of nitrogens with one attached hydrogen (secondary N) is 1. The van der Waals surface area contributed by atoms with Crippen molar-refractivity contribution < 1.29 is 4.39 Å². The van der Waals surface area contributed by atoms with Gasteiger partial charge in [-0.15, -0.1) is 0 Å². The molecule has 0 aliphatic carbocycles. The van der Waals surface area contributed by atoms with Crippen molar-refractivity contribution in [3.05, 3.63) is 59.9 Å². The molecule has 1 N–H and O–H groups in total. The van der Waals surface area contributed by atoms with Crippen LogP contribution in [-0.2, 0) is 0 Å². The molecule has 0 spiro atoms. The van der Waals surface area contributed by atoms with E-state index in [-0.39, 0.29) is 5.82 Å². The number of halogens is 1. The fraction of sp³-hybridized carbons (Fsp3) is 0.278. The zero-order chi connectivity index (χ0) is 16.1. The standard InChI is InChI=1S/C18H21FN4/c1-22-9-11-23(12-10-22)18-13-15(7-8-17(18)19)14-20-21-16-5-3-2-4-6-16/h2-8,13-14,21H,9-12H2,1H3. The maximum absolute atomic E-state index is 14.1. The van der Waals surface area contributed by atoms with Crippen molar-refractivity contribution >= 4 is 17.6 Å². The number of likely N-dealkylation sites (N-methyl/N-ethyl adjacent to an activating group) is 1. The molecular weight excluding hydrogens is 291 g/mol. The summed E-state index contributed by atoms with van der Waals surface area (Å²) in [5.41, 5.74) is 5.42. The van der Waals surface area contributed by atoms with Crippen LogP contribution in [0.3, 0.4) is 0 Å². The van der Waals surface area contributed by atoms with Gasteiger partial charge >= 0.3 is 0 Å². The van der Waals surface area contributed by atoms with E-state index in [0.29, 0.717) is 5.69 Å². The van der Waals surface area contributed by atoms with E-state index in [1.54, 1.807) is 12.3 Å². The normalized spacial score (nSPS) is 16.0. The molecule has 1 aliphatic rings. The topological polar surface area (TPSA) is 30.9 Å². The van der Waals surface area contributed by atoms with Crippen LogP contribution in [0.4, 0.5) is 15.8 Å². The molecule has 3 rings (SSSR count). The third kappa shape index (κ3) is 4.07. The lowest BCUT2D eigenvalue weighted by molar-refractivity contribution is 0.311. The number of nitrogens with zero attached hydrogens (tertiary/aromatic N) is 3. The summed E-state index contributed by atoms with van der Waals surface area (Å²) in [6.45, 7) is 3.59. The van der Waals surface area contributed by atoms with E-state index in [9.17, 15) is 4.39 Å². The van der Waals surface area contributed by atoms with Gasteiger partial charge < -0.3 is 9.80 Å². The molecule has 0 saturated carbocycles. The molecule has 0 unspecified atom stereocenters. The lowest BCUT2D eigenvalue weighted by atomic mass is 10.1. The molecule has 1 fully saturated rings. The van der Waals surface area contributed by atoms with Crippen molar-refractivity contribution in [1.82, 2.24) is 4.90 Å². The first-order valence-electron chi connectivity index (χ1n) is 7.79. The van der Waals surface area contributed by atoms with Gasteiger partial charge in [-0.05, 0) is 36.9 Å². The average molecular weight is 312 g/mol. The molecule has 5 heteroatoms. The van der Waals surface area contributed by atoms with Crippen molar-refractivity contribution in [2.75, 3.05) is 43.6 Å². The Hall–Kier alpha value is -2.40. The summed E-state index contributed by atoms with van der Waals surface area (Å²) in [6.07, 6.45) is 1.71. The molecule has 2 aromatic carbocycles. The largest absolute Gasteiger partial charge is 0.367 e. The number of hydrazone groups is 1. The Labute approximate surface area is 136 Å². The molecule has 0 aromatic heterocycles. The second kappa shape index (κ2) is 7.24. The first-order chi connectivity index (χ1) is 11.2. The molecule has 1 saturated heterocycles. The van der Waals surface area contributed by atoms with Gasteiger partial charge in [-0.3, -0.25) is 5.43 Å². The monoisotopic (exact) mass is 312 g/mol. The van der Waals surface area contributed by atoms with Crippen LogP contribution in [0.2, 0.25) is 0 Å². The lowest BCUT2D eigenvalue weighted by Gasteiger charge is -2.34. The summed E-state index contributed by atoms with van der Waals surface area (Å²) in [5.74, 6) is -0.178. The van der Waals surface area contributed by atoms with Crippen LogP contribution in [0.1, 0.15) is 5.56 Å². The Morgan fingerprint density at radius 2 is 1.78 bits per heavy atom. The second-order valence-electron chi connectivity index (χ2n) is 5.74. The first kappa shape index (κ1) is 15.5. The zero-order valence-electron chi connectivity index (χ0n) is 13.2. The molecule has 2 aromatic rings. The molecule has 1 aliphatic heterocycles. The molecule has 1 heterocycles. The minimum atomic E-state index is -0.178. The zero-order valence-corrected chi connectivity index (χ0v) is 13.2. The maximum atomic E-state index is 14.1. The highest BCUT2D eigenvalue weighted by molar-refractivity contribution is 5.82. The van der Waals surface area contributed by atoms with E-state index < -0.39 is 0 Å². The van der Waals surface area contributed by atoms with Crippen LogP contribution in [0.15, 0.2) is 53.6 Å². The van der Waals surface area contributed by atoms with E-state index in [1.807, 2.05) is 36.4 Å². The summed E-state index contributed by atoms with van der Waals surface area (Å²) >= 11 is 0. The SMILES string of the molecule is CN1CCN(c2cc(C=NNc3ccccc3)ccc2F)CC1. The van der Waals surface area contributed by atoms with Gasteiger partial charge in [0.25, 0.3) is 0 Å². The van der Waals surface area contributed by atoms with Gasteiger partial charge in [-0.25, -0.2) is 4.39 Å². The lowest BCUT2D eigenvalue weighted by Crippen LogP contribution is -2.44. The van der Waals surface area contributed by atoms with Crippen molar-refractivity contribution in [2.45, 2.75) is 0 Å². The second-order valence-corrected chi connectivity index (χ2v) is 5.74. The van der Waals surface area contributed by atoms with Crippen LogP contribution in [0, 0.1) is 5.82 Å². The highest BCUT2D eigenvalue weighted by Gasteiger charge is 2.17. The number of anilines is 2. The van der Waals surface area contributed by atoms with Crippen molar-refractivity contribution in [3.8, 4) is 0 Å². The highest BCUT2D eigenvalue weighted by atomic mass is 19.1. The molecule has 23 heavy (non-hydrogen) atoms. The number of piperazine rings is 1. The third-order valence-corrected chi connectivity index (χ3v) is 4.00. The maximum Gasteiger partial charge on any atom is 0.146 e. The summed E-state index contributed by atoms with van der Waals surface area (Å²) in [7, 11) is 2.09. The van der Waals surface area contributed by atoms with Crippen LogP contribution >= 0.6 is 0 Å².